The number of aromatic nitrogens is 1. The Balaban J connectivity index is 1.66. The predicted molar refractivity (Wildman–Crippen MR) is 121 cm³/mol. The molecular formula is C22H23ClN4O3. The van der Waals surface area contributed by atoms with Crippen LogP contribution in [0.1, 0.15) is 5.56 Å². The minimum atomic E-state index is -0.750. The SMILES string of the molecule is CN(C)c1cccc(NC(=O)Oc2c(NCCc3cccc(Cl)c3)cc[nH]c2=O)c1. The predicted octanol–water partition coefficient (Wildman–Crippen LogP) is 4.36. The van der Waals surface area contributed by atoms with Crippen molar-refractivity contribution in [1.82, 2.24) is 4.98 Å². The molecule has 7 nitrogen and oxygen atoms in total. The molecule has 0 atom stereocenters. The maximum atomic E-state index is 12.4. The number of carbonyl (C=O) groups is 1. The van der Waals surface area contributed by atoms with E-state index in [1.165, 1.54) is 6.20 Å². The maximum Gasteiger partial charge on any atom is 0.417 e. The highest BCUT2D eigenvalue weighted by Crippen LogP contribution is 2.21. The van der Waals surface area contributed by atoms with Crippen LogP contribution in [-0.2, 0) is 6.42 Å². The minimum absolute atomic E-state index is 0.0927. The van der Waals surface area contributed by atoms with Gasteiger partial charge < -0.3 is 19.9 Å². The Morgan fingerprint density at radius 2 is 1.93 bits per heavy atom. The van der Waals surface area contributed by atoms with Crippen molar-refractivity contribution in [2.24, 2.45) is 0 Å². The first kappa shape index (κ1) is 21.3. The van der Waals surface area contributed by atoms with E-state index in [4.69, 9.17) is 16.3 Å². The first-order chi connectivity index (χ1) is 14.4. The van der Waals surface area contributed by atoms with Crippen molar-refractivity contribution in [2.45, 2.75) is 6.42 Å². The number of pyridine rings is 1. The Kier molecular flexibility index (Phi) is 6.98. The van der Waals surface area contributed by atoms with E-state index < -0.39 is 11.7 Å². The van der Waals surface area contributed by atoms with Gasteiger partial charge in [0.05, 0.1) is 5.69 Å². The zero-order valence-electron chi connectivity index (χ0n) is 16.7. The molecule has 8 heteroatoms. The summed E-state index contributed by atoms with van der Waals surface area (Å²) in [5.41, 5.74) is 2.47. The quantitative estimate of drug-likeness (QED) is 0.522. The number of carbonyl (C=O) groups excluding carboxylic acids is 1. The first-order valence-electron chi connectivity index (χ1n) is 9.38. The zero-order valence-corrected chi connectivity index (χ0v) is 17.5. The smallest absolute Gasteiger partial charge is 0.402 e. The van der Waals surface area contributed by atoms with Crippen LogP contribution in [0.15, 0.2) is 65.6 Å². The molecule has 2 aromatic carbocycles. The van der Waals surface area contributed by atoms with Crippen LogP contribution >= 0.6 is 11.6 Å². The van der Waals surface area contributed by atoms with Crippen molar-refractivity contribution in [1.29, 1.82) is 0 Å². The van der Waals surface area contributed by atoms with Gasteiger partial charge in [-0.1, -0.05) is 29.8 Å². The van der Waals surface area contributed by atoms with Gasteiger partial charge in [0.2, 0.25) is 5.75 Å². The fourth-order valence-corrected chi connectivity index (χ4v) is 3.05. The number of rotatable bonds is 7. The minimum Gasteiger partial charge on any atom is -0.402 e. The van der Waals surface area contributed by atoms with Crippen LogP contribution in [0.4, 0.5) is 21.9 Å². The molecule has 1 amide bonds. The van der Waals surface area contributed by atoms with E-state index in [2.05, 4.69) is 15.6 Å². The molecule has 0 aliphatic rings. The van der Waals surface area contributed by atoms with Gasteiger partial charge in [-0.05, 0) is 48.4 Å². The highest BCUT2D eigenvalue weighted by Gasteiger charge is 2.14. The normalized spacial score (nSPS) is 10.4. The van der Waals surface area contributed by atoms with Gasteiger partial charge >= 0.3 is 6.09 Å². The van der Waals surface area contributed by atoms with E-state index in [0.717, 1.165) is 11.3 Å². The first-order valence-corrected chi connectivity index (χ1v) is 9.76. The van der Waals surface area contributed by atoms with E-state index in [0.29, 0.717) is 29.4 Å². The number of nitrogens with one attached hydrogen (secondary N) is 3. The standard InChI is InChI=1S/C22H23ClN4O3/c1-27(2)18-8-4-7-17(14-18)26-22(29)30-20-19(10-12-25-21(20)28)24-11-9-15-5-3-6-16(23)13-15/h3-8,10,12-14H,9,11H2,1-2H3,(H,26,29)(H2,24,25,28). The van der Waals surface area contributed by atoms with Crippen LogP contribution in [-0.4, -0.2) is 31.7 Å². The monoisotopic (exact) mass is 426 g/mol. The molecule has 0 unspecified atom stereocenters. The fraction of sp³-hybridized carbons (Fsp3) is 0.182. The van der Waals surface area contributed by atoms with Gasteiger partial charge in [-0.25, -0.2) is 4.79 Å². The van der Waals surface area contributed by atoms with E-state index in [9.17, 15) is 9.59 Å². The second kappa shape index (κ2) is 9.84. The van der Waals surface area contributed by atoms with E-state index >= 15 is 0 Å². The van der Waals surface area contributed by atoms with Gasteiger partial charge in [0, 0.05) is 43.2 Å². The molecule has 0 aliphatic heterocycles. The number of ether oxygens (including phenoxy) is 1. The number of hydrogen-bond acceptors (Lipinski definition) is 5. The third kappa shape index (κ3) is 5.78. The van der Waals surface area contributed by atoms with Gasteiger partial charge in [0.15, 0.2) is 0 Å². The maximum absolute atomic E-state index is 12.4. The molecule has 0 bridgehead atoms. The summed E-state index contributed by atoms with van der Waals surface area (Å²) in [5, 5.41) is 6.45. The molecule has 0 radical (unpaired) electrons. The summed E-state index contributed by atoms with van der Waals surface area (Å²) < 4.78 is 5.31. The van der Waals surface area contributed by atoms with Gasteiger partial charge in [-0.2, -0.15) is 0 Å². The Bertz CT molecular complexity index is 1080. The van der Waals surface area contributed by atoms with Crippen molar-refractivity contribution >= 4 is 34.8 Å². The molecule has 3 aromatic rings. The second-order valence-corrected chi connectivity index (χ2v) is 7.25. The molecule has 3 rings (SSSR count). The Hall–Kier alpha value is -3.45. The number of amides is 1. The molecule has 0 aliphatic carbocycles. The fourth-order valence-electron chi connectivity index (χ4n) is 2.84. The summed E-state index contributed by atoms with van der Waals surface area (Å²) in [7, 11) is 3.81. The Morgan fingerprint density at radius 1 is 1.13 bits per heavy atom. The molecule has 0 fully saturated rings. The lowest BCUT2D eigenvalue weighted by Crippen LogP contribution is -2.23. The van der Waals surface area contributed by atoms with Crippen molar-refractivity contribution in [3.05, 3.63) is 81.7 Å². The summed E-state index contributed by atoms with van der Waals surface area (Å²) >= 11 is 6.00. The van der Waals surface area contributed by atoms with Crippen molar-refractivity contribution in [2.75, 3.05) is 36.2 Å². The van der Waals surface area contributed by atoms with Crippen molar-refractivity contribution in [3.63, 3.8) is 0 Å². The lowest BCUT2D eigenvalue weighted by atomic mass is 10.1. The van der Waals surface area contributed by atoms with Gasteiger partial charge in [0.25, 0.3) is 5.56 Å². The van der Waals surface area contributed by atoms with Crippen LogP contribution in [0.2, 0.25) is 5.02 Å². The Morgan fingerprint density at radius 3 is 2.70 bits per heavy atom. The number of hydrogen-bond donors (Lipinski definition) is 3. The third-order valence-corrected chi connectivity index (χ3v) is 4.57. The summed E-state index contributed by atoms with van der Waals surface area (Å²) in [6.07, 6.45) is 1.44. The van der Waals surface area contributed by atoms with Crippen molar-refractivity contribution in [3.8, 4) is 5.75 Å². The average Bonchev–Trinajstić information content (AvgIpc) is 2.70. The largest absolute Gasteiger partial charge is 0.417 e. The van der Waals surface area contributed by atoms with Crippen LogP contribution < -0.4 is 25.8 Å². The number of halogens is 1. The molecule has 3 N–H and O–H groups in total. The van der Waals surface area contributed by atoms with Gasteiger partial charge in [-0.15, -0.1) is 0 Å². The molecular weight excluding hydrogens is 404 g/mol. The van der Waals surface area contributed by atoms with Crippen LogP contribution in [0.3, 0.4) is 0 Å². The molecule has 156 valence electrons. The number of nitrogens with zero attached hydrogens (tertiary/aromatic N) is 1. The molecule has 0 spiro atoms. The summed E-state index contributed by atoms with van der Waals surface area (Å²) in [6, 6.07) is 16.5. The van der Waals surface area contributed by atoms with Gasteiger partial charge in [0.1, 0.15) is 0 Å². The summed E-state index contributed by atoms with van der Waals surface area (Å²) in [6.45, 7) is 0.534. The highest BCUT2D eigenvalue weighted by molar-refractivity contribution is 6.30. The summed E-state index contributed by atoms with van der Waals surface area (Å²) in [4.78, 5) is 29.0. The van der Waals surface area contributed by atoms with Crippen molar-refractivity contribution < 1.29 is 9.53 Å². The van der Waals surface area contributed by atoms with Gasteiger partial charge in [-0.3, -0.25) is 10.1 Å². The molecule has 0 saturated heterocycles. The van der Waals surface area contributed by atoms with E-state index in [1.54, 1.807) is 18.2 Å². The zero-order chi connectivity index (χ0) is 21.5. The van der Waals surface area contributed by atoms with Crippen LogP contribution in [0, 0.1) is 0 Å². The lowest BCUT2D eigenvalue weighted by molar-refractivity contribution is 0.215. The number of aromatic amines is 1. The third-order valence-electron chi connectivity index (χ3n) is 4.34. The Labute approximate surface area is 179 Å². The number of H-pyrrole nitrogens is 1. The van der Waals surface area contributed by atoms with Crippen LogP contribution in [0.5, 0.6) is 5.75 Å². The molecule has 0 saturated carbocycles. The van der Waals surface area contributed by atoms with Crippen LogP contribution in [0.25, 0.3) is 0 Å². The van der Waals surface area contributed by atoms with E-state index in [1.807, 2.05) is 55.4 Å². The second-order valence-electron chi connectivity index (χ2n) is 6.82. The average molecular weight is 427 g/mol. The summed E-state index contributed by atoms with van der Waals surface area (Å²) in [5.74, 6) is -0.0927. The van der Waals surface area contributed by atoms with E-state index in [-0.39, 0.29) is 5.75 Å². The highest BCUT2D eigenvalue weighted by atomic mass is 35.5. The lowest BCUT2D eigenvalue weighted by Gasteiger charge is -2.14. The molecule has 1 heterocycles. The molecule has 30 heavy (non-hydrogen) atoms. The number of benzene rings is 2. The topological polar surface area (TPSA) is 86.5 Å². The number of anilines is 3. The molecule has 1 aromatic heterocycles.